The highest BCUT2D eigenvalue weighted by Gasteiger charge is 2.55. The Hall–Kier alpha value is -4.31. The van der Waals surface area contributed by atoms with Crippen LogP contribution in [0.1, 0.15) is 12.0 Å². The van der Waals surface area contributed by atoms with Gasteiger partial charge in [-0.3, -0.25) is 14.1 Å². The van der Waals surface area contributed by atoms with E-state index in [-0.39, 0.29) is 39.7 Å². The van der Waals surface area contributed by atoms with E-state index in [1.807, 2.05) is 0 Å². The van der Waals surface area contributed by atoms with Crippen LogP contribution in [0.4, 0.5) is 23.4 Å². The molecule has 5 rings (SSSR count). The highest BCUT2D eigenvalue weighted by Crippen LogP contribution is 2.49. The zero-order chi connectivity index (χ0) is 27.2. The molecule has 0 aliphatic heterocycles. The third kappa shape index (κ3) is 4.82. The Morgan fingerprint density at radius 3 is 2.61 bits per heavy atom. The second-order valence-corrected chi connectivity index (χ2v) is 10.2. The second-order valence-electron chi connectivity index (χ2n) is 8.48. The fourth-order valence-electron chi connectivity index (χ4n) is 3.97. The predicted molar refractivity (Wildman–Crippen MR) is 128 cm³/mol. The van der Waals surface area contributed by atoms with Gasteiger partial charge in [0.15, 0.2) is 5.82 Å². The number of sulfonamides is 1. The van der Waals surface area contributed by atoms with Gasteiger partial charge < -0.3 is 9.26 Å². The lowest BCUT2D eigenvalue weighted by Crippen LogP contribution is -2.19. The molecule has 2 atom stereocenters. The van der Waals surface area contributed by atoms with Crippen molar-refractivity contribution in [3.8, 4) is 23.3 Å². The molecule has 38 heavy (non-hydrogen) atoms. The molecule has 8 nitrogen and oxygen atoms in total. The van der Waals surface area contributed by atoms with Gasteiger partial charge in [0, 0.05) is 35.6 Å². The standard InChI is InChI=1S/C25H17F4N3O5S/c1-36-22-12-15(3-2-14-11-18(14)25(27,28)29)19(26)13-21(22)32-20-6-5-17(10-16(20)4-7-24(32)33)38(34,35)31-23-8-9-37-30-23/h4-10,12-14,18H,11H2,1H3,(H,30,31). The highest BCUT2D eigenvalue weighted by atomic mass is 32.2. The molecule has 196 valence electrons. The van der Waals surface area contributed by atoms with E-state index in [0.29, 0.717) is 5.39 Å². The van der Waals surface area contributed by atoms with E-state index in [2.05, 4.69) is 26.2 Å². The van der Waals surface area contributed by atoms with Crippen LogP contribution in [0.2, 0.25) is 0 Å². The van der Waals surface area contributed by atoms with Crippen molar-refractivity contribution in [2.45, 2.75) is 17.5 Å². The third-order valence-electron chi connectivity index (χ3n) is 5.97. The van der Waals surface area contributed by atoms with Gasteiger partial charge in [0.25, 0.3) is 15.6 Å². The van der Waals surface area contributed by atoms with Crippen LogP contribution in [0.25, 0.3) is 16.6 Å². The number of benzene rings is 2. The molecular weight excluding hydrogens is 530 g/mol. The average Bonchev–Trinajstić information content (AvgIpc) is 3.50. The van der Waals surface area contributed by atoms with Gasteiger partial charge in [-0.05, 0) is 30.7 Å². The predicted octanol–water partition coefficient (Wildman–Crippen LogP) is 4.48. The number of ether oxygens (including phenoxy) is 1. The topological polar surface area (TPSA) is 103 Å². The number of methoxy groups -OCH3 is 1. The minimum atomic E-state index is -4.35. The molecule has 1 N–H and O–H groups in total. The van der Waals surface area contributed by atoms with E-state index in [4.69, 9.17) is 4.74 Å². The summed E-state index contributed by atoms with van der Waals surface area (Å²) < 4.78 is 92.1. The van der Waals surface area contributed by atoms with E-state index in [1.165, 1.54) is 55.8 Å². The molecule has 0 spiro atoms. The molecule has 0 bridgehead atoms. The number of hydrogen-bond donors (Lipinski definition) is 1. The highest BCUT2D eigenvalue weighted by molar-refractivity contribution is 7.92. The summed E-state index contributed by atoms with van der Waals surface area (Å²) in [5.74, 6) is 1.64. The molecule has 2 heterocycles. The number of halogens is 4. The Bertz CT molecular complexity index is 1770. The van der Waals surface area contributed by atoms with Gasteiger partial charge in [-0.2, -0.15) is 13.2 Å². The molecule has 0 saturated heterocycles. The largest absolute Gasteiger partial charge is 0.495 e. The minimum absolute atomic E-state index is 0.00192. The van der Waals surface area contributed by atoms with Crippen LogP contribution < -0.4 is 15.0 Å². The molecule has 2 unspecified atom stereocenters. The SMILES string of the molecule is COc1cc(C#CC2CC2C(F)(F)F)c(F)cc1-n1c(=O)ccc2cc(S(=O)(=O)Nc3ccon3)ccc21. The summed E-state index contributed by atoms with van der Waals surface area (Å²) in [6.07, 6.45) is -3.28. The fraction of sp³-hybridized carbons (Fsp3) is 0.200. The van der Waals surface area contributed by atoms with Gasteiger partial charge in [-0.15, -0.1) is 0 Å². The number of alkyl halides is 3. The molecule has 2 aromatic carbocycles. The Labute approximate surface area is 212 Å². The quantitative estimate of drug-likeness (QED) is 0.292. The van der Waals surface area contributed by atoms with Crippen LogP contribution in [-0.4, -0.2) is 31.4 Å². The van der Waals surface area contributed by atoms with Gasteiger partial charge in [0.1, 0.15) is 17.8 Å². The number of aromatic nitrogens is 2. The normalized spacial score (nSPS) is 17.1. The number of fused-ring (bicyclic) bond motifs is 1. The number of nitrogens with one attached hydrogen (secondary N) is 1. The number of rotatable bonds is 5. The van der Waals surface area contributed by atoms with Gasteiger partial charge in [0.05, 0.1) is 34.7 Å². The molecule has 0 radical (unpaired) electrons. The Kier molecular flexibility index (Phi) is 6.15. The molecule has 2 aromatic heterocycles. The number of nitrogens with zero attached hydrogens (tertiary/aromatic N) is 2. The Morgan fingerprint density at radius 2 is 1.95 bits per heavy atom. The van der Waals surface area contributed by atoms with E-state index in [9.17, 15) is 30.8 Å². The molecular formula is C25H17F4N3O5S. The van der Waals surface area contributed by atoms with Crippen LogP contribution in [-0.2, 0) is 10.0 Å². The molecule has 1 aliphatic rings. The smallest absolute Gasteiger partial charge is 0.393 e. The van der Waals surface area contributed by atoms with Crippen molar-refractivity contribution in [1.29, 1.82) is 0 Å². The van der Waals surface area contributed by atoms with E-state index in [0.717, 1.165) is 10.6 Å². The lowest BCUT2D eigenvalue weighted by molar-refractivity contribution is -0.149. The second kappa shape index (κ2) is 9.21. The zero-order valence-electron chi connectivity index (χ0n) is 19.4. The maximum Gasteiger partial charge on any atom is 0.393 e. The van der Waals surface area contributed by atoms with Crippen LogP contribution in [0.15, 0.2) is 69.0 Å². The maximum absolute atomic E-state index is 15.0. The summed E-state index contributed by atoms with van der Waals surface area (Å²) in [7, 11) is -2.76. The Morgan fingerprint density at radius 1 is 1.16 bits per heavy atom. The zero-order valence-corrected chi connectivity index (χ0v) is 20.2. The molecule has 1 saturated carbocycles. The van der Waals surface area contributed by atoms with Crippen molar-refractivity contribution >= 4 is 26.7 Å². The number of hydrogen-bond acceptors (Lipinski definition) is 6. The average molecular weight is 547 g/mol. The third-order valence-corrected chi connectivity index (χ3v) is 7.32. The Balaban J connectivity index is 1.54. The first-order valence-electron chi connectivity index (χ1n) is 11.0. The first-order chi connectivity index (χ1) is 18.0. The molecule has 13 heteroatoms. The summed E-state index contributed by atoms with van der Waals surface area (Å²) >= 11 is 0. The monoisotopic (exact) mass is 547 g/mol. The number of pyridine rings is 1. The van der Waals surface area contributed by atoms with Crippen molar-refractivity contribution in [2.75, 3.05) is 11.8 Å². The van der Waals surface area contributed by atoms with Gasteiger partial charge >= 0.3 is 6.18 Å². The molecule has 4 aromatic rings. The van der Waals surface area contributed by atoms with E-state index < -0.39 is 39.4 Å². The van der Waals surface area contributed by atoms with Crippen molar-refractivity contribution in [2.24, 2.45) is 11.8 Å². The molecule has 0 amide bonds. The van der Waals surface area contributed by atoms with Crippen LogP contribution in [0.3, 0.4) is 0 Å². The van der Waals surface area contributed by atoms with E-state index >= 15 is 0 Å². The molecule has 1 fully saturated rings. The molecule has 1 aliphatic carbocycles. The van der Waals surface area contributed by atoms with Crippen molar-refractivity contribution in [1.82, 2.24) is 9.72 Å². The van der Waals surface area contributed by atoms with Gasteiger partial charge in [0.2, 0.25) is 0 Å². The first-order valence-corrected chi connectivity index (χ1v) is 12.5. The minimum Gasteiger partial charge on any atom is -0.495 e. The van der Waals surface area contributed by atoms with Crippen molar-refractivity contribution < 1.29 is 35.2 Å². The fourth-order valence-corrected chi connectivity index (χ4v) is 4.99. The van der Waals surface area contributed by atoms with E-state index in [1.54, 1.807) is 0 Å². The summed E-state index contributed by atoms with van der Waals surface area (Å²) in [6, 6.07) is 10.1. The van der Waals surface area contributed by atoms with Crippen LogP contribution in [0.5, 0.6) is 5.75 Å². The number of anilines is 1. The van der Waals surface area contributed by atoms with Crippen LogP contribution in [0, 0.1) is 29.5 Å². The summed E-state index contributed by atoms with van der Waals surface area (Å²) in [6.45, 7) is 0. The van der Waals surface area contributed by atoms with Crippen molar-refractivity contribution in [3.63, 3.8) is 0 Å². The summed E-state index contributed by atoms with van der Waals surface area (Å²) in [5.41, 5.74) is -0.488. The lowest BCUT2D eigenvalue weighted by Gasteiger charge is -2.15. The van der Waals surface area contributed by atoms with Gasteiger partial charge in [-0.1, -0.05) is 17.0 Å². The first kappa shape index (κ1) is 25.3. The maximum atomic E-state index is 15.0. The van der Waals surface area contributed by atoms with Crippen LogP contribution >= 0.6 is 0 Å². The van der Waals surface area contributed by atoms with Gasteiger partial charge in [-0.25, -0.2) is 12.8 Å². The van der Waals surface area contributed by atoms with Crippen molar-refractivity contribution in [3.05, 3.63) is 76.5 Å². The lowest BCUT2D eigenvalue weighted by atomic mass is 10.1. The summed E-state index contributed by atoms with van der Waals surface area (Å²) in [4.78, 5) is 12.7. The summed E-state index contributed by atoms with van der Waals surface area (Å²) in [5, 5.41) is 3.85.